The minimum absolute atomic E-state index is 0.314. The molecule has 0 saturated heterocycles. The van der Waals surface area contributed by atoms with E-state index >= 15 is 0 Å². The molecule has 0 spiro atoms. The Morgan fingerprint density at radius 1 is 1.50 bits per heavy atom. The van der Waals surface area contributed by atoms with Crippen LogP contribution in [-0.4, -0.2) is 17.7 Å². The molecule has 1 heterocycles. The van der Waals surface area contributed by atoms with E-state index in [1.807, 2.05) is 13.0 Å². The summed E-state index contributed by atoms with van der Waals surface area (Å²) in [5.41, 5.74) is 6.42. The summed E-state index contributed by atoms with van der Waals surface area (Å²) >= 11 is 0. The van der Waals surface area contributed by atoms with Crippen molar-refractivity contribution in [3.8, 4) is 0 Å². The Labute approximate surface area is 84.8 Å². The van der Waals surface area contributed by atoms with E-state index in [0.717, 1.165) is 11.5 Å². The van der Waals surface area contributed by atoms with Gasteiger partial charge in [-0.2, -0.15) is 0 Å². The number of nitrogens with zero attached hydrogens (tertiary/aromatic N) is 1. The van der Waals surface area contributed by atoms with Crippen LogP contribution in [0.5, 0.6) is 0 Å². The van der Waals surface area contributed by atoms with E-state index in [9.17, 15) is 0 Å². The maximum absolute atomic E-state index is 5.48. The lowest BCUT2D eigenvalue weighted by molar-refractivity contribution is 0.363. The molecule has 0 amide bonds. The molecule has 4 heteroatoms. The third-order valence-electron chi connectivity index (χ3n) is 2.13. The number of nitrogens with one attached hydrogen (secondary N) is 1. The van der Waals surface area contributed by atoms with Crippen molar-refractivity contribution in [2.75, 3.05) is 6.54 Å². The molecule has 1 atom stereocenters. The smallest absolute Gasteiger partial charge is 0.139 e. The molecule has 0 aliphatic carbocycles. The van der Waals surface area contributed by atoms with E-state index in [-0.39, 0.29) is 0 Å². The van der Waals surface area contributed by atoms with Crippen molar-refractivity contribution in [3.63, 3.8) is 0 Å². The standard InChI is InChI=1S/C10H19N3O/c1-7(2)10-4-9(13-14-10)6-12-8(3)5-11/h4,7-8,12H,5-6,11H2,1-3H3/t8-/m0/s1. The van der Waals surface area contributed by atoms with Crippen molar-refractivity contribution in [3.05, 3.63) is 17.5 Å². The van der Waals surface area contributed by atoms with Gasteiger partial charge in [0.2, 0.25) is 0 Å². The second-order valence-corrected chi connectivity index (χ2v) is 3.89. The van der Waals surface area contributed by atoms with E-state index in [0.29, 0.717) is 25.0 Å². The van der Waals surface area contributed by atoms with Crippen molar-refractivity contribution in [1.29, 1.82) is 0 Å². The van der Waals surface area contributed by atoms with Crippen LogP contribution < -0.4 is 11.1 Å². The summed E-state index contributed by atoms with van der Waals surface area (Å²) in [4.78, 5) is 0. The summed E-state index contributed by atoms with van der Waals surface area (Å²) in [7, 11) is 0. The van der Waals surface area contributed by atoms with Crippen molar-refractivity contribution < 1.29 is 4.52 Å². The third kappa shape index (κ3) is 3.12. The van der Waals surface area contributed by atoms with Crippen LogP contribution in [0.2, 0.25) is 0 Å². The van der Waals surface area contributed by atoms with Crippen molar-refractivity contribution in [2.45, 2.75) is 39.3 Å². The van der Waals surface area contributed by atoms with E-state index in [1.54, 1.807) is 0 Å². The molecule has 0 unspecified atom stereocenters. The highest BCUT2D eigenvalue weighted by Crippen LogP contribution is 2.14. The highest BCUT2D eigenvalue weighted by Gasteiger charge is 2.07. The van der Waals surface area contributed by atoms with Gasteiger partial charge in [-0.05, 0) is 6.92 Å². The van der Waals surface area contributed by atoms with Gasteiger partial charge in [-0.15, -0.1) is 0 Å². The van der Waals surface area contributed by atoms with Gasteiger partial charge in [0.1, 0.15) is 5.76 Å². The predicted molar refractivity (Wildman–Crippen MR) is 55.9 cm³/mol. The van der Waals surface area contributed by atoms with Gasteiger partial charge in [-0.1, -0.05) is 19.0 Å². The zero-order chi connectivity index (χ0) is 10.6. The average molecular weight is 197 g/mol. The predicted octanol–water partition coefficient (Wildman–Crippen LogP) is 1.23. The van der Waals surface area contributed by atoms with Gasteiger partial charge in [0.15, 0.2) is 0 Å². The monoisotopic (exact) mass is 197 g/mol. The zero-order valence-corrected chi connectivity index (χ0v) is 9.08. The lowest BCUT2D eigenvalue weighted by Crippen LogP contribution is -2.32. The Balaban J connectivity index is 2.44. The minimum Gasteiger partial charge on any atom is -0.361 e. The van der Waals surface area contributed by atoms with E-state index < -0.39 is 0 Å². The maximum atomic E-state index is 5.48. The third-order valence-corrected chi connectivity index (χ3v) is 2.13. The highest BCUT2D eigenvalue weighted by atomic mass is 16.5. The second-order valence-electron chi connectivity index (χ2n) is 3.89. The Morgan fingerprint density at radius 3 is 2.71 bits per heavy atom. The molecule has 0 bridgehead atoms. The van der Waals surface area contributed by atoms with Crippen molar-refractivity contribution >= 4 is 0 Å². The summed E-state index contributed by atoms with van der Waals surface area (Å²) < 4.78 is 5.17. The first-order chi connectivity index (χ1) is 6.63. The fraction of sp³-hybridized carbons (Fsp3) is 0.700. The van der Waals surface area contributed by atoms with Crippen LogP contribution in [0.4, 0.5) is 0 Å². The summed E-state index contributed by atoms with van der Waals surface area (Å²) in [6.45, 7) is 7.56. The maximum Gasteiger partial charge on any atom is 0.139 e. The van der Waals surface area contributed by atoms with Crippen LogP contribution in [0.25, 0.3) is 0 Å². The van der Waals surface area contributed by atoms with Gasteiger partial charge in [0, 0.05) is 31.1 Å². The van der Waals surface area contributed by atoms with Crippen LogP contribution in [0.1, 0.15) is 38.1 Å². The molecular formula is C10H19N3O. The molecule has 0 aliphatic heterocycles. The highest BCUT2D eigenvalue weighted by molar-refractivity contribution is 5.08. The van der Waals surface area contributed by atoms with Crippen LogP contribution in [-0.2, 0) is 6.54 Å². The second kappa shape index (κ2) is 5.12. The molecule has 14 heavy (non-hydrogen) atoms. The Bertz CT molecular complexity index is 270. The fourth-order valence-electron chi connectivity index (χ4n) is 1.05. The summed E-state index contributed by atoms with van der Waals surface area (Å²) in [6.07, 6.45) is 0. The molecule has 0 saturated carbocycles. The van der Waals surface area contributed by atoms with Crippen molar-refractivity contribution in [2.24, 2.45) is 5.73 Å². The van der Waals surface area contributed by atoms with Gasteiger partial charge < -0.3 is 15.6 Å². The van der Waals surface area contributed by atoms with Gasteiger partial charge in [-0.3, -0.25) is 0 Å². The molecule has 0 fully saturated rings. The van der Waals surface area contributed by atoms with Gasteiger partial charge in [0.25, 0.3) is 0 Å². The summed E-state index contributed by atoms with van der Waals surface area (Å²) in [5, 5.41) is 7.22. The largest absolute Gasteiger partial charge is 0.361 e. The van der Waals surface area contributed by atoms with Gasteiger partial charge in [0.05, 0.1) is 5.69 Å². The molecule has 0 aromatic carbocycles. The zero-order valence-electron chi connectivity index (χ0n) is 9.08. The molecule has 0 aliphatic rings. The van der Waals surface area contributed by atoms with Crippen LogP contribution in [0.3, 0.4) is 0 Å². The Hall–Kier alpha value is -0.870. The number of hydrogen-bond acceptors (Lipinski definition) is 4. The lowest BCUT2D eigenvalue weighted by Gasteiger charge is -2.08. The average Bonchev–Trinajstić information content (AvgIpc) is 2.62. The van der Waals surface area contributed by atoms with E-state index in [4.69, 9.17) is 10.3 Å². The topological polar surface area (TPSA) is 64.1 Å². The van der Waals surface area contributed by atoms with E-state index in [1.165, 1.54) is 0 Å². The number of nitrogens with two attached hydrogens (primary N) is 1. The van der Waals surface area contributed by atoms with Gasteiger partial charge in [-0.25, -0.2) is 0 Å². The fourth-order valence-corrected chi connectivity index (χ4v) is 1.05. The molecule has 0 radical (unpaired) electrons. The summed E-state index contributed by atoms with van der Waals surface area (Å²) in [6, 6.07) is 2.30. The van der Waals surface area contributed by atoms with Crippen LogP contribution >= 0.6 is 0 Å². The minimum atomic E-state index is 0.314. The molecule has 4 nitrogen and oxygen atoms in total. The summed E-state index contributed by atoms with van der Waals surface area (Å²) in [5.74, 6) is 1.32. The van der Waals surface area contributed by atoms with Crippen LogP contribution in [0.15, 0.2) is 10.6 Å². The normalized spacial score (nSPS) is 13.5. The number of aromatic nitrogens is 1. The first-order valence-corrected chi connectivity index (χ1v) is 5.02. The SMILES string of the molecule is CC(C)c1cc(CN[C@@H](C)CN)no1. The van der Waals surface area contributed by atoms with Gasteiger partial charge >= 0.3 is 0 Å². The molecular weight excluding hydrogens is 178 g/mol. The first kappa shape index (κ1) is 11.2. The lowest BCUT2D eigenvalue weighted by atomic mass is 10.1. The molecule has 1 aromatic heterocycles. The molecule has 1 rings (SSSR count). The molecule has 1 aromatic rings. The first-order valence-electron chi connectivity index (χ1n) is 5.02. The Kier molecular flexibility index (Phi) is 4.10. The van der Waals surface area contributed by atoms with Crippen LogP contribution in [0, 0.1) is 0 Å². The Morgan fingerprint density at radius 2 is 2.21 bits per heavy atom. The number of rotatable bonds is 5. The van der Waals surface area contributed by atoms with E-state index in [2.05, 4.69) is 24.3 Å². The number of hydrogen-bond donors (Lipinski definition) is 2. The molecule has 3 N–H and O–H groups in total. The quantitative estimate of drug-likeness (QED) is 0.745. The van der Waals surface area contributed by atoms with Crippen molar-refractivity contribution in [1.82, 2.24) is 10.5 Å². The molecule has 80 valence electrons.